The standard InChI is InChI=1S/C12H15NO2S/c13-16(14,15)12-8-4-7-11(9-12)10-5-2-1-3-6-10/h4-5,7-9H,1-3,6H2,(H2,13,14,15). The third-order valence-corrected chi connectivity index (χ3v) is 3.74. The van der Waals surface area contributed by atoms with Crippen LogP contribution in [0.2, 0.25) is 0 Å². The van der Waals surface area contributed by atoms with Crippen LogP contribution in [-0.2, 0) is 10.0 Å². The molecule has 0 saturated heterocycles. The number of hydrogen-bond acceptors (Lipinski definition) is 2. The predicted molar refractivity (Wildman–Crippen MR) is 64.3 cm³/mol. The first-order valence-electron chi connectivity index (χ1n) is 5.40. The minimum atomic E-state index is -3.59. The zero-order chi connectivity index (χ0) is 11.6. The van der Waals surface area contributed by atoms with Gasteiger partial charge in [0.2, 0.25) is 10.0 Å². The summed E-state index contributed by atoms with van der Waals surface area (Å²) in [7, 11) is -3.59. The van der Waals surface area contributed by atoms with Gasteiger partial charge in [-0.1, -0.05) is 18.2 Å². The van der Waals surface area contributed by atoms with Crippen LogP contribution >= 0.6 is 0 Å². The monoisotopic (exact) mass is 237 g/mol. The van der Waals surface area contributed by atoms with Gasteiger partial charge in [0.25, 0.3) is 0 Å². The average molecular weight is 237 g/mol. The van der Waals surface area contributed by atoms with Gasteiger partial charge in [-0.05, 0) is 49.0 Å². The van der Waals surface area contributed by atoms with Crippen LogP contribution in [0.5, 0.6) is 0 Å². The Morgan fingerprint density at radius 3 is 2.62 bits per heavy atom. The van der Waals surface area contributed by atoms with Crippen LogP contribution in [0, 0.1) is 0 Å². The summed E-state index contributed by atoms with van der Waals surface area (Å²) < 4.78 is 22.5. The SMILES string of the molecule is NS(=O)(=O)c1cccc(C2=CCCCC2)c1. The van der Waals surface area contributed by atoms with E-state index in [0.29, 0.717) is 0 Å². The Balaban J connectivity index is 2.39. The second kappa shape index (κ2) is 4.39. The van der Waals surface area contributed by atoms with Crippen LogP contribution in [0.4, 0.5) is 0 Å². The zero-order valence-electron chi connectivity index (χ0n) is 9.02. The summed E-state index contributed by atoms with van der Waals surface area (Å²) in [5.74, 6) is 0. The van der Waals surface area contributed by atoms with E-state index in [1.807, 2.05) is 6.07 Å². The van der Waals surface area contributed by atoms with E-state index in [1.165, 1.54) is 24.5 Å². The molecule has 86 valence electrons. The van der Waals surface area contributed by atoms with Gasteiger partial charge in [-0.2, -0.15) is 0 Å². The highest BCUT2D eigenvalue weighted by Gasteiger charge is 2.11. The van der Waals surface area contributed by atoms with Gasteiger partial charge in [-0.25, -0.2) is 13.6 Å². The summed E-state index contributed by atoms with van der Waals surface area (Å²) in [6, 6.07) is 6.87. The van der Waals surface area contributed by atoms with Crippen molar-refractivity contribution in [3.8, 4) is 0 Å². The fourth-order valence-corrected chi connectivity index (χ4v) is 2.53. The summed E-state index contributed by atoms with van der Waals surface area (Å²) in [6.45, 7) is 0. The van der Waals surface area contributed by atoms with Crippen molar-refractivity contribution in [2.24, 2.45) is 5.14 Å². The minimum absolute atomic E-state index is 0.191. The molecule has 0 unspecified atom stereocenters. The largest absolute Gasteiger partial charge is 0.238 e. The first-order chi connectivity index (χ1) is 7.57. The quantitative estimate of drug-likeness (QED) is 0.857. The third kappa shape index (κ3) is 2.51. The van der Waals surface area contributed by atoms with Gasteiger partial charge >= 0.3 is 0 Å². The highest BCUT2D eigenvalue weighted by Crippen LogP contribution is 2.27. The molecule has 16 heavy (non-hydrogen) atoms. The summed E-state index contributed by atoms with van der Waals surface area (Å²) in [4.78, 5) is 0.191. The van der Waals surface area contributed by atoms with Crippen molar-refractivity contribution >= 4 is 15.6 Å². The van der Waals surface area contributed by atoms with E-state index in [9.17, 15) is 8.42 Å². The van der Waals surface area contributed by atoms with E-state index in [-0.39, 0.29) is 4.90 Å². The lowest BCUT2D eigenvalue weighted by molar-refractivity contribution is 0.598. The Kier molecular flexibility index (Phi) is 3.12. The Morgan fingerprint density at radius 1 is 1.19 bits per heavy atom. The molecule has 2 N–H and O–H groups in total. The van der Waals surface area contributed by atoms with E-state index in [0.717, 1.165) is 18.4 Å². The summed E-state index contributed by atoms with van der Waals surface area (Å²) in [6.07, 6.45) is 6.68. The Hall–Kier alpha value is -1.13. The van der Waals surface area contributed by atoms with Crippen LogP contribution in [-0.4, -0.2) is 8.42 Å². The van der Waals surface area contributed by atoms with Crippen molar-refractivity contribution in [1.82, 2.24) is 0 Å². The number of benzene rings is 1. The lowest BCUT2D eigenvalue weighted by atomic mass is 9.94. The molecule has 0 aromatic heterocycles. The van der Waals surface area contributed by atoms with Gasteiger partial charge in [0.1, 0.15) is 0 Å². The lowest BCUT2D eigenvalue weighted by Gasteiger charge is -2.13. The van der Waals surface area contributed by atoms with Crippen LogP contribution in [0.3, 0.4) is 0 Å². The van der Waals surface area contributed by atoms with Gasteiger partial charge < -0.3 is 0 Å². The smallest absolute Gasteiger partial charge is 0.225 e. The van der Waals surface area contributed by atoms with E-state index >= 15 is 0 Å². The highest BCUT2D eigenvalue weighted by atomic mass is 32.2. The lowest BCUT2D eigenvalue weighted by Crippen LogP contribution is -2.12. The zero-order valence-corrected chi connectivity index (χ0v) is 9.83. The average Bonchev–Trinajstić information content (AvgIpc) is 2.29. The molecule has 1 aromatic rings. The highest BCUT2D eigenvalue weighted by molar-refractivity contribution is 7.89. The maximum atomic E-state index is 11.2. The van der Waals surface area contributed by atoms with Crippen molar-refractivity contribution in [2.45, 2.75) is 30.6 Å². The van der Waals surface area contributed by atoms with E-state index < -0.39 is 10.0 Å². The number of rotatable bonds is 2. The molecule has 0 spiro atoms. The molecule has 0 saturated carbocycles. The molecule has 0 radical (unpaired) electrons. The normalized spacial score (nSPS) is 16.9. The third-order valence-electron chi connectivity index (χ3n) is 2.82. The fraction of sp³-hybridized carbons (Fsp3) is 0.333. The summed E-state index contributed by atoms with van der Waals surface area (Å²) in [5, 5.41) is 5.11. The van der Waals surface area contributed by atoms with Gasteiger partial charge in [0.15, 0.2) is 0 Å². The molecule has 0 atom stereocenters. The molecule has 2 rings (SSSR count). The van der Waals surface area contributed by atoms with Gasteiger partial charge in [-0.3, -0.25) is 0 Å². The molecule has 0 fully saturated rings. The first kappa shape index (κ1) is 11.4. The molecule has 3 nitrogen and oxygen atoms in total. The Labute approximate surface area is 96.0 Å². The second-order valence-corrected chi connectivity index (χ2v) is 5.61. The number of sulfonamides is 1. The Bertz CT molecular complexity index is 518. The van der Waals surface area contributed by atoms with Gasteiger partial charge in [0.05, 0.1) is 4.90 Å². The van der Waals surface area contributed by atoms with Crippen molar-refractivity contribution in [2.75, 3.05) is 0 Å². The Morgan fingerprint density at radius 2 is 2.00 bits per heavy atom. The number of allylic oxidation sites excluding steroid dienone is 2. The molecule has 0 amide bonds. The molecule has 0 aliphatic heterocycles. The van der Waals surface area contributed by atoms with E-state index in [1.54, 1.807) is 12.1 Å². The molecule has 0 bridgehead atoms. The van der Waals surface area contributed by atoms with Crippen LogP contribution < -0.4 is 5.14 Å². The summed E-state index contributed by atoms with van der Waals surface area (Å²) in [5.41, 5.74) is 2.21. The molecule has 1 aromatic carbocycles. The number of nitrogens with two attached hydrogens (primary N) is 1. The fourth-order valence-electron chi connectivity index (χ4n) is 1.97. The molecule has 0 heterocycles. The maximum Gasteiger partial charge on any atom is 0.238 e. The molecular weight excluding hydrogens is 222 g/mol. The topological polar surface area (TPSA) is 60.2 Å². The van der Waals surface area contributed by atoms with Gasteiger partial charge in [0, 0.05) is 0 Å². The van der Waals surface area contributed by atoms with Crippen LogP contribution in [0.1, 0.15) is 31.2 Å². The number of primary sulfonamides is 1. The second-order valence-electron chi connectivity index (χ2n) is 4.05. The molecule has 1 aliphatic carbocycles. The van der Waals surface area contributed by atoms with E-state index in [2.05, 4.69) is 6.08 Å². The van der Waals surface area contributed by atoms with E-state index in [4.69, 9.17) is 5.14 Å². The molecule has 1 aliphatic rings. The molecular formula is C12H15NO2S. The maximum absolute atomic E-state index is 11.2. The van der Waals surface area contributed by atoms with Crippen LogP contribution in [0.15, 0.2) is 35.2 Å². The predicted octanol–water partition coefficient (Wildman–Crippen LogP) is 2.29. The summed E-state index contributed by atoms with van der Waals surface area (Å²) >= 11 is 0. The van der Waals surface area contributed by atoms with Crippen molar-refractivity contribution in [3.63, 3.8) is 0 Å². The number of hydrogen-bond donors (Lipinski definition) is 1. The molecule has 4 heteroatoms. The van der Waals surface area contributed by atoms with Crippen molar-refractivity contribution in [3.05, 3.63) is 35.9 Å². The van der Waals surface area contributed by atoms with Crippen molar-refractivity contribution in [1.29, 1.82) is 0 Å². The van der Waals surface area contributed by atoms with Crippen LogP contribution in [0.25, 0.3) is 5.57 Å². The minimum Gasteiger partial charge on any atom is -0.225 e. The van der Waals surface area contributed by atoms with Gasteiger partial charge in [-0.15, -0.1) is 0 Å². The first-order valence-corrected chi connectivity index (χ1v) is 6.94. The van der Waals surface area contributed by atoms with Crippen molar-refractivity contribution < 1.29 is 8.42 Å².